The fourth-order valence-electron chi connectivity index (χ4n) is 1.51. The van der Waals surface area contributed by atoms with Crippen LogP contribution in [0.1, 0.15) is 0 Å². The maximum absolute atomic E-state index is 10.1. The van der Waals surface area contributed by atoms with Crippen molar-refractivity contribution in [3.8, 4) is 0 Å². The van der Waals surface area contributed by atoms with Gasteiger partial charge in [0.2, 0.25) is 0 Å². The van der Waals surface area contributed by atoms with Gasteiger partial charge in [0.05, 0.1) is 0 Å². The Labute approximate surface area is 230 Å². The van der Waals surface area contributed by atoms with Crippen molar-refractivity contribution in [2.24, 2.45) is 0 Å². The van der Waals surface area contributed by atoms with Crippen molar-refractivity contribution in [3.05, 3.63) is 0 Å². The summed E-state index contributed by atoms with van der Waals surface area (Å²) < 4.78 is 63.2. The van der Waals surface area contributed by atoms with Gasteiger partial charge in [0, 0.05) is 43.0 Å². The van der Waals surface area contributed by atoms with Crippen LogP contribution in [-0.4, -0.2) is 125 Å². The molecule has 0 saturated carbocycles. The predicted molar refractivity (Wildman–Crippen MR) is 126 cm³/mol. The molecule has 3 saturated heterocycles. The fourth-order valence-corrected chi connectivity index (χ4v) is 20.8. The number of aliphatic hydroxyl groups is 3. The molecule has 3 heterocycles. The quantitative estimate of drug-likeness (QED) is 0.231. The number of rotatable bonds is 4. The molecule has 0 aromatic heterocycles. The largest absolute Gasteiger partial charge is 0.558 e. The molecule has 0 aliphatic carbocycles. The van der Waals surface area contributed by atoms with Crippen molar-refractivity contribution in [1.29, 1.82) is 0 Å². The van der Waals surface area contributed by atoms with E-state index < -0.39 is 83.3 Å². The molecule has 0 unspecified atom stereocenters. The third-order valence-electron chi connectivity index (χ3n) is 2.29. The second-order valence-corrected chi connectivity index (χ2v) is 28.1. The first-order valence-corrected chi connectivity index (χ1v) is 24.5. The fraction of sp³-hybridized carbons (Fsp3) is 1.00. The van der Waals surface area contributed by atoms with Crippen molar-refractivity contribution >= 4 is 83.3 Å². The van der Waals surface area contributed by atoms with Crippen LogP contribution in [-0.2, 0) is 67.0 Å². The SMILES string of the molecule is CO.CO.CO.C[Si](C)(C)O[Si]1O[Si]2O[Si](O)O[Si]3O[Si](O2)O[Si](O1)O[Si](O[Si](C)(C)C)O3.[Ti]. The zero-order chi connectivity index (χ0) is 25.8. The van der Waals surface area contributed by atoms with E-state index in [0.29, 0.717) is 0 Å². The molecule has 7 radical (unpaired) electrons. The van der Waals surface area contributed by atoms with Gasteiger partial charge in [-0.15, -0.1) is 0 Å². The molecule has 3 fully saturated rings. The summed E-state index contributed by atoms with van der Waals surface area (Å²) in [6.07, 6.45) is 0. The summed E-state index contributed by atoms with van der Waals surface area (Å²) in [6.45, 7) is 12.0. The van der Waals surface area contributed by atoms with E-state index in [9.17, 15) is 4.80 Å². The molecule has 3 aliphatic heterocycles. The van der Waals surface area contributed by atoms with Crippen LogP contribution in [0.25, 0.3) is 0 Å². The van der Waals surface area contributed by atoms with E-state index in [0.717, 1.165) is 21.3 Å². The van der Waals surface area contributed by atoms with Crippen molar-refractivity contribution in [2.75, 3.05) is 21.3 Å². The summed E-state index contributed by atoms with van der Waals surface area (Å²) in [5, 5.41) is 21.0. The Hall–Kier alpha value is 2.07. The Kier molecular flexibility index (Phi) is 21.6. The number of aliphatic hydroxyl groups excluding tert-OH is 3. The average Bonchev–Trinajstić information content (AvgIpc) is 2.65. The molecule has 0 atom stereocenters. The minimum absolute atomic E-state index is 0. The first kappa shape index (κ1) is 38.2. The minimum atomic E-state index is -2.72. The Morgan fingerprint density at radius 3 is 0.971 bits per heavy atom. The topological polar surface area (TPSA) is 182 Å². The first-order chi connectivity index (χ1) is 15.4. The zero-order valence-electron chi connectivity index (χ0n) is 20.3. The standard InChI is InChI=1S/C6H19O12Si9.3CH4O.Ti/c1-26(2,3)17-24-13-20-8-19(7)9-21-11-22(10-20)12-23(15-24)16-25(14-21)18-27(4,5)6;3*1-2;/h7H,1-6H3;3*2H,1H3;. The predicted octanol–water partition coefficient (Wildman–Crippen LogP) is -2.41. The molecule has 0 amide bonds. The second-order valence-electron chi connectivity index (χ2n) is 7.11. The number of fused-ring (bicyclic) bond motifs is 3. The van der Waals surface area contributed by atoms with Gasteiger partial charge < -0.3 is 65.4 Å². The minimum Gasteiger partial charge on any atom is -0.415 e. The molecule has 3 aliphatic rings. The van der Waals surface area contributed by atoms with Gasteiger partial charge in [-0.2, -0.15) is 0 Å². The third-order valence-corrected chi connectivity index (χ3v) is 20.6. The second kappa shape index (κ2) is 19.2. The van der Waals surface area contributed by atoms with Gasteiger partial charge >= 0.3 is 66.7 Å². The Morgan fingerprint density at radius 1 is 0.471 bits per heavy atom. The van der Waals surface area contributed by atoms with Gasteiger partial charge in [-0.25, -0.2) is 0 Å². The molecule has 197 valence electrons. The van der Waals surface area contributed by atoms with E-state index in [4.69, 9.17) is 60.6 Å². The maximum atomic E-state index is 10.1. The third kappa shape index (κ3) is 16.1. The van der Waals surface area contributed by atoms with Crippen LogP contribution >= 0.6 is 0 Å². The van der Waals surface area contributed by atoms with Crippen molar-refractivity contribution < 1.29 is 87.1 Å². The first-order valence-electron chi connectivity index (χ1n) is 9.06. The van der Waals surface area contributed by atoms with Crippen LogP contribution < -0.4 is 0 Å². The van der Waals surface area contributed by atoms with Crippen LogP contribution in [0.5, 0.6) is 0 Å². The normalized spacial score (nSPS) is 22.1. The van der Waals surface area contributed by atoms with Gasteiger partial charge in [-0.05, 0) is 39.3 Å². The Morgan fingerprint density at radius 2 is 0.706 bits per heavy atom. The molecule has 4 N–H and O–H groups in total. The molecule has 25 heteroatoms. The van der Waals surface area contributed by atoms with Crippen LogP contribution in [0.2, 0.25) is 39.3 Å². The zero-order valence-corrected chi connectivity index (χ0v) is 30.8. The molecule has 34 heavy (non-hydrogen) atoms. The van der Waals surface area contributed by atoms with E-state index in [1.54, 1.807) is 0 Å². The number of hydrogen-bond donors (Lipinski definition) is 4. The van der Waals surface area contributed by atoms with Gasteiger partial charge in [-0.3, -0.25) is 0 Å². The average molecular weight is 680 g/mol. The van der Waals surface area contributed by atoms with E-state index in [1.165, 1.54) is 0 Å². The van der Waals surface area contributed by atoms with Crippen LogP contribution in [0.15, 0.2) is 0 Å². The van der Waals surface area contributed by atoms with Gasteiger partial charge in [-0.1, -0.05) is 0 Å². The van der Waals surface area contributed by atoms with Gasteiger partial charge in [0.25, 0.3) is 0 Å². The van der Waals surface area contributed by atoms with Crippen molar-refractivity contribution in [1.82, 2.24) is 0 Å². The smallest absolute Gasteiger partial charge is 0.415 e. The Bertz CT molecular complexity index is 479. The molecule has 0 aromatic rings. The molecule has 0 aromatic carbocycles. The maximum Gasteiger partial charge on any atom is 0.558 e. The monoisotopic (exact) mass is 679 g/mol. The van der Waals surface area contributed by atoms with Crippen LogP contribution in [0.4, 0.5) is 0 Å². The van der Waals surface area contributed by atoms with E-state index in [2.05, 4.69) is 0 Å². The molecular weight excluding hydrogens is 649 g/mol. The van der Waals surface area contributed by atoms with Crippen LogP contribution in [0.3, 0.4) is 0 Å². The van der Waals surface area contributed by atoms with Crippen molar-refractivity contribution in [2.45, 2.75) is 39.3 Å². The summed E-state index contributed by atoms with van der Waals surface area (Å²) in [4.78, 5) is 10.1. The Balaban J connectivity index is 0. The molecule has 3 rings (SSSR count). The van der Waals surface area contributed by atoms with E-state index >= 15 is 0 Å². The molecular formula is C9H31O15Si9Ti. The van der Waals surface area contributed by atoms with Gasteiger partial charge in [0.15, 0.2) is 16.6 Å². The molecule has 15 nitrogen and oxygen atoms in total. The summed E-state index contributed by atoms with van der Waals surface area (Å²) in [7, 11) is -17.9. The summed E-state index contributed by atoms with van der Waals surface area (Å²) in [6, 6.07) is 0. The summed E-state index contributed by atoms with van der Waals surface area (Å²) in [5.74, 6) is 0. The molecule has 4 bridgehead atoms. The summed E-state index contributed by atoms with van der Waals surface area (Å²) >= 11 is 0. The van der Waals surface area contributed by atoms with Crippen LogP contribution in [0, 0.1) is 0 Å². The van der Waals surface area contributed by atoms with E-state index in [-0.39, 0.29) is 21.7 Å². The number of hydrogen-bond acceptors (Lipinski definition) is 15. The molecule has 0 spiro atoms. The van der Waals surface area contributed by atoms with E-state index in [1.807, 2.05) is 39.3 Å². The van der Waals surface area contributed by atoms with Crippen molar-refractivity contribution in [3.63, 3.8) is 0 Å². The summed E-state index contributed by atoms with van der Waals surface area (Å²) in [5.41, 5.74) is 0. The van der Waals surface area contributed by atoms with Gasteiger partial charge in [0.1, 0.15) is 0 Å².